The summed E-state index contributed by atoms with van der Waals surface area (Å²) in [4.78, 5) is 43.7. The van der Waals surface area contributed by atoms with E-state index in [1.54, 1.807) is 54.1 Å². The van der Waals surface area contributed by atoms with Crippen LogP contribution in [0.3, 0.4) is 0 Å². The second kappa shape index (κ2) is 17.3. The second-order valence-electron chi connectivity index (χ2n) is 13.0. The predicted octanol–water partition coefficient (Wildman–Crippen LogP) is 5.71. The Kier molecular flexibility index (Phi) is 13.3. The standard InChI is InChI=1S/C36H52N4O6/c1-25-22-40(26(2)24-41)35(43)31-21-30(38-36(44)37-29-16-9-6-10-17-29)18-19-32(31)46-27(3)13-11-12-20-45-33(25)23-39(4)34(42)28-14-7-5-8-15-28/h5,7-8,14-15,18-19,21,25-27,29,33,41H,6,9-13,16-17,20,22-24H2,1-4H3,(H2,37,38,44)/t25-,26-,27+,33-/m1/s1. The van der Waals surface area contributed by atoms with E-state index in [9.17, 15) is 19.5 Å². The van der Waals surface area contributed by atoms with Gasteiger partial charge < -0.3 is 35.0 Å². The first kappa shape index (κ1) is 35.2. The first-order chi connectivity index (χ1) is 22.2. The number of benzene rings is 2. The number of rotatable bonds is 7. The van der Waals surface area contributed by atoms with E-state index in [1.165, 1.54) is 6.42 Å². The van der Waals surface area contributed by atoms with Crippen LogP contribution in [0, 0.1) is 5.92 Å². The third-order valence-electron chi connectivity index (χ3n) is 9.07. The minimum atomic E-state index is -0.497. The highest BCUT2D eigenvalue weighted by molar-refractivity contribution is 5.99. The van der Waals surface area contributed by atoms with Gasteiger partial charge in [0.2, 0.25) is 0 Å². The number of carbonyl (C=O) groups excluding carboxylic acids is 3. The van der Waals surface area contributed by atoms with Crippen molar-refractivity contribution >= 4 is 23.5 Å². The van der Waals surface area contributed by atoms with Gasteiger partial charge in [-0.1, -0.05) is 44.4 Å². The Morgan fingerprint density at radius 1 is 1.02 bits per heavy atom. The largest absolute Gasteiger partial charge is 0.490 e. The first-order valence-corrected chi connectivity index (χ1v) is 16.9. The van der Waals surface area contributed by atoms with Crippen molar-refractivity contribution < 1.29 is 29.0 Å². The molecule has 2 aromatic rings. The van der Waals surface area contributed by atoms with Crippen LogP contribution in [0.1, 0.15) is 92.9 Å². The molecule has 2 aliphatic rings. The lowest BCUT2D eigenvalue weighted by Crippen LogP contribution is -2.48. The van der Waals surface area contributed by atoms with E-state index in [0.29, 0.717) is 35.7 Å². The molecule has 1 aliphatic carbocycles. The van der Waals surface area contributed by atoms with Gasteiger partial charge in [0.05, 0.1) is 30.4 Å². The molecular weight excluding hydrogens is 584 g/mol. The predicted molar refractivity (Wildman–Crippen MR) is 179 cm³/mol. The molecule has 0 spiro atoms. The zero-order chi connectivity index (χ0) is 33.1. The zero-order valence-electron chi connectivity index (χ0n) is 27.9. The molecule has 252 valence electrons. The molecule has 10 nitrogen and oxygen atoms in total. The van der Waals surface area contributed by atoms with Crippen molar-refractivity contribution in [1.82, 2.24) is 15.1 Å². The second-order valence-corrected chi connectivity index (χ2v) is 13.0. The Balaban J connectivity index is 1.58. The third kappa shape index (κ3) is 9.93. The average molecular weight is 637 g/mol. The minimum absolute atomic E-state index is 0.0973. The summed E-state index contributed by atoms with van der Waals surface area (Å²) in [5.74, 6) is -0.134. The number of anilines is 1. The number of likely N-dealkylation sites (N-methyl/N-ethyl adjacent to an activating group) is 1. The lowest BCUT2D eigenvalue weighted by atomic mass is 9.96. The van der Waals surface area contributed by atoms with Gasteiger partial charge >= 0.3 is 6.03 Å². The van der Waals surface area contributed by atoms with Crippen molar-refractivity contribution in [3.63, 3.8) is 0 Å². The van der Waals surface area contributed by atoms with Crippen LogP contribution < -0.4 is 15.4 Å². The van der Waals surface area contributed by atoms with Gasteiger partial charge in [-0.05, 0) is 76.3 Å². The summed E-state index contributed by atoms with van der Waals surface area (Å²) in [5, 5.41) is 16.2. The molecule has 46 heavy (non-hydrogen) atoms. The molecule has 4 amide bonds. The van der Waals surface area contributed by atoms with Gasteiger partial charge in [0.25, 0.3) is 11.8 Å². The van der Waals surface area contributed by atoms with E-state index in [0.717, 1.165) is 44.9 Å². The van der Waals surface area contributed by atoms with Crippen molar-refractivity contribution in [2.75, 3.05) is 38.7 Å². The number of hydrogen-bond acceptors (Lipinski definition) is 6. The maximum atomic E-state index is 14.3. The van der Waals surface area contributed by atoms with Crippen LogP contribution in [-0.4, -0.2) is 90.4 Å². The van der Waals surface area contributed by atoms with Crippen molar-refractivity contribution in [2.24, 2.45) is 5.92 Å². The molecule has 1 fully saturated rings. The molecule has 1 aliphatic heterocycles. The van der Waals surface area contributed by atoms with E-state index < -0.39 is 6.04 Å². The fraction of sp³-hybridized carbons (Fsp3) is 0.583. The maximum Gasteiger partial charge on any atom is 0.319 e. The van der Waals surface area contributed by atoms with Gasteiger partial charge in [-0.25, -0.2) is 4.79 Å². The van der Waals surface area contributed by atoms with Crippen molar-refractivity contribution in [1.29, 1.82) is 0 Å². The minimum Gasteiger partial charge on any atom is -0.490 e. The summed E-state index contributed by atoms with van der Waals surface area (Å²) >= 11 is 0. The third-order valence-corrected chi connectivity index (χ3v) is 9.07. The van der Waals surface area contributed by atoms with E-state index >= 15 is 0 Å². The summed E-state index contributed by atoms with van der Waals surface area (Å²) in [6.45, 7) is 6.72. The number of hydrogen-bond donors (Lipinski definition) is 3. The van der Waals surface area contributed by atoms with E-state index in [4.69, 9.17) is 9.47 Å². The number of urea groups is 1. The highest BCUT2D eigenvalue weighted by atomic mass is 16.5. The molecule has 10 heteroatoms. The molecule has 4 rings (SSSR count). The summed E-state index contributed by atoms with van der Waals surface area (Å²) in [5.41, 5.74) is 1.41. The fourth-order valence-electron chi connectivity index (χ4n) is 6.22. The lowest BCUT2D eigenvalue weighted by Gasteiger charge is -2.36. The van der Waals surface area contributed by atoms with Crippen LogP contribution in [0.15, 0.2) is 48.5 Å². The van der Waals surface area contributed by atoms with E-state index in [2.05, 4.69) is 10.6 Å². The van der Waals surface area contributed by atoms with Gasteiger partial charge in [0.15, 0.2) is 0 Å². The number of nitrogens with one attached hydrogen (secondary N) is 2. The lowest BCUT2D eigenvalue weighted by molar-refractivity contribution is -0.0149. The smallest absolute Gasteiger partial charge is 0.319 e. The Labute approximate surface area is 273 Å². The van der Waals surface area contributed by atoms with Gasteiger partial charge in [-0.15, -0.1) is 0 Å². The number of carbonyl (C=O) groups is 3. The summed E-state index contributed by atoms with van der Waals surface area (Å²) < 4.78 is 12.7. The zero-order valence-corrected chi connectivity index (χ0v) is 27.9. The Morgan fingerprint density at radius 3 is 2.46 bits per heavy atom. The molecule has 1 heterocycles. The number of aliphatic hydroxyl groups excluding tert-OH is 1. The van der Waals surface area contributed by atoms with Gasteiger partial charge in [-0.3, -0.25) is 9.59 Å². The highest BCUT2D eigenvalue weighted by Crippen LogP contribution is 2.29. The van der Waals surface area contributed by atoms with E-state index in [-0.39, 0.29) is 55.2 Å². The molecule has 0 radical (unpaired) electrons. The Bertz CT molecular complexity index is 1280. The number of amides is 4. The Hall–Kier alpha value is -3.63. The van der Waals surface area contributed by atoms with Crippen molar-refractivity contribution in [2.45, 2.75) is 96.4 Å². The first-order valence-electron chi connectivity index (χ1n) is 16.9. The van der Waals surface area contributed by atoms with Crippen molar-refractivity contribution in [3.8, 4) is 5.75 Å². The van der Waals surface area contributed by atoms with Crippen LogP contribution in [0.2, 0.25) is 0 Å². The summed E-state index contributed by atoms with van der Waals surface area (Å²) in [6.07, 6.45) is 7.32. The SMILES string of the molecule is C[C@@H]1CN([C@H](C)CO)C(=O)c2cc(NC(=O)NC3CCCCC3)ccc2O[C@@H](C)CCCCO[C@@H]1CN(C)C(=O)c1ccccc1. The Morgan fingerprint density at radius 2 is 1.74 bits per heavy atom. The summed E-state index contributed by atoms with van der Waals surface area (Å²) in [7, 11) is 1.77. The monoisotopic (exact) mass is 636 g/mol. The quantitative estimate of drug-likeness (QED) is 0.358. The van der Waals surface area contributed by atoms with E-state index in [1.807, 2.05) is 32.0 Å². The van der Waals surface area contributed by atoms with Crippen LogP contribution in [-0.2, 0) is 4.74 Å². The van der Waals surface area contributed by atoms with Crippen molar-refractivity contribution in [3.05, 3.63) is 59.7 Å². The van der Waals surface area contributed by atoms with Crippen LogP contribution >= 0.6 is 0 Å². The number of fused-ring (bicyclic) bond motifs is 1. The topological polar surface area (TPSA) is 120 Å². The molecule has 0 bridgehead atoms. The fourth-order valence-corrected chi connectivity index (χ4v) is 6.22. The number of nitrogens with zero attached hydrogens (tertiary/aromatic N) is 2. The number of aliphatic hydroxyl groups is 1. The van der Waals surface area contributed by atoms with Crippen LogP contribution in [0.5, 0.6) is 5.75 Å². The summed E-state index contributed by atoms with van der Waals surface area (Å²) in [6, 6.07) is 13.7. The molecule has 0 aromatic heterocycles. The maximum absolute atomic E-state index is 14.3. The average Bonchev–Trinajstić information content (AvgIpc) is 3.06. The van der Waals surface area contributed by atoms with Gasteiger partial charge in [-0.2, -0.15) is 0 Å². The normalized spacial score (nSPS) is 22.5. The molecule has 2 aromatic carbocycles. The molecule has 3 N–H and O–H groups in total. The van der Waals surface area contributed by atoms with Gasteiger partial charge in [0.1, 0.15) is 5.75 Å². The van der Waals surface area contributed by atoms with Crippen LogP contribution in [0.4, 0.5) is 10.5 Å². The number of ether oxygens (including phenoxy) is 2. The highest BCUT2D eigenvalue weighted by Gasteiger charge is 2.31. The van der Waals surface area contributed by atoms with Gasteiger partial charge in [0, 0.05) is 50.0 Å². The molecule has 4 atom stereocenters. The molecule has 1 saturated carbocycles. The molecular formula is C36H52N4O6. The van der Waals surface area contributed by atoms with Crippen LogP contribution in [0.25, 0.3) is 0 Å². The molecule has 0 unspecified atom stereocenters. The molecule has 0 saturated heterocycles.